The summed E-state index contributed by atoms with van der Waals surface area (Å²) in [6.07, 6.45) is 2.25. The van der Waals surface area contributed by atoms with Crippen LogP contribution in [0.3, 0.4) is 0 Å². The molecule has 0 spiro atoms. The molecule has 2 atom stereocenters. The fourth-order valence-corrected chi connectivity index (χ4v) is 3.77. The Bertz CT molecular complexity index is 492. The molecule has 0 aliphatic carbocycles. The van der Waals surface area contributed by atoms with Gasteiger partial charge in [0.2, 0.25) is 0 Å². The predicted octanol–water partition coefficient (Wildman–Crippen LogP) is 2.96. The molecule has 0 amide bonds. The first-order valence-electron chi connectivity index (χ1n) is 7.55. The van der Waals surface area contributed by atoms with Crippen LogP contribution >= 0.6 is 15.9 Å². The molecular weight excluding hydrogens is 316 g/mol. The number of fused-ring (bicyclic) bond motifs is 1. The zero-order valence-corrected chi connectivity index (χ0v) is 13.9. The highest BCUT2D eigenvalue weighted by Gasteiger charge is 2.24. The fraction of sp³-hybridized carbons (Fsp3) is 0.625. The fourth-order valence-electron chi connectivity index (χ4n) is 3.22. The van der Waals surface area contributed by atoms with Crippen molar-refractivity contribution in [2.45, 2.75) is 45.3 Å². The topological polar surface area (TPSA) is 24.5 Å². The average molecular weight is 339 g/mol. The highest BCUT2D eigenvalue weighted by Crippen LogP contribution is 2.34. The van der Waals surface area contributed by atoms with Gasteiger partial charge in [0.05, 0.1) is 6.61 Å². The van der Waals surface area contributed by atoms with Gasteiger partial charge in [-0.1, -0.05) is 15.9 Å². The van der Waals surface area contributed by atoms with E-state index >= 15 is 0 Å². The minimum Gasteiger partial charge on any atom is -0.493 e. The molecule has 0 bridgehead atoms. The third-order valence-electron chi connectivity index (χ3n) is 4.39. The van der Waals surface area contributed by atoms with E-state index in [2.05, 4.69) is 52.1 Å². The first-order valence-corrected chi connectivity index (χ1v) is 8.34. The molecule has 1 saturated heterocycles. The summed E-state index contributed by atoms with van der Waals surface area (Å²) in [5.41, 5.74) is 2.68. The largest absolute Gasteiger partial charge is 0.493 e. The SMILES string of the molecule is CC1CN(Cc2cc(Br)cc3c2OCC3)C(C)CCN1. The van der Waals surface area contributed by atoms with Gasteiger partial charge >= 0.3 is 0 Å². The van der Waals surface area contributed by atoms with E-state index in [4.69, 9.17) is 4.74 Å². The summed E-state index contributed by atoms with van der Waals surface area (Å²) in [6, 6.07) is 5.59. The molecule has 0 saturated carbocycles. The summed E-state index contributed by atoms with van der Waals surface area (Å²) in [4.78, 5) is 2.58. The standard InChI is InChI=1S/C16H23BrN2O/c1-11-9-19(12(2)3-5-18-11)10-14-8-15(17)7-13-4-6-20-16(13)14/h7-8,11-12,18H,3-6,9-10H2,1-2H3. The van der Waals surface area contributed by atoms with E-state index in [1.165, 1.54) is 22.0 Å². The van der Waals surface area contributed by atoms with Crippen molar-refractivity contribution in [3.05, 3.63) is 27.7 Å². The molecular formula is C16H23BrN2O. The van der Waals surface area contributed by atoms with Gasteiger partial charge in [0.15, 0.2) is 0 Å². The lowest BCUT2D eigenvalue weighted by atomic mass is 10.1. The van der Waals surface area contributed by atoms with Crippen LogP contribution in [0.25, 0.3) is 0 Å². The number of benzene rings is 1. The van der Waals surface area contributed by atoms with Crippen molar-refractivity contribution in [2.75, 3.05) is 19.7 Å². The molecule has 110 valence electrons. The van der Waals surface area contributed by atoms with Crippen LogP contribution in [-0.4, -0.2) is 36.7 Å². The quantitative estimate of drug-likeness (QED) is 0.897. The van der Waals surface area contributed by atoms with Crippen molar-refractivity contribution >= 4 is 15.9 Å². The maximum Gasteiger partial charge on any atom is 0.127 e. The number of nitrogens with zero attached hydrogens (tertiary/aromatic N) is 1. The number of ether oxygens (including phenoxy) is 1. The Morgan fingerprint density at radius 2 is 2.25 bits per heavy atom. The summed E-state index contributed by atoms with van der Waals surface area (Å²) in [5.74, 6) is 1.13. The Morgan fingerprint density at radius 1 is 1.40 bits per heavy atom. The lowest BCUT2D eigenvalue weighted by Crippen LogP contribution is -2.38. The van der Waals surface area contributed by atoms with Crippen LogP contribution in [0.2, 0.25) is 0 Å². The Hall–Kier alpha value is -0.580. The van der Waals surface area contributed by atoms with Gasteiger partial charge in [-0.15, -0.1) is 0 Å². The number of hydrogen-bond acceptors (Lipinski definition) is 3. The summed E-state index contributed by atoms with van der Waals surface area (Å²) in [5, 5.41) is 3.57. The summed E-state index contributed by atoms with van der Waals surface area (Å²) in [6.45, 7) is 8.63. The zero-order chi connectivity index (χ0) is 14.1. The van der Waals surface area contributed by atoms with Crippen LogP contribution in [0.15, 0.2) is 16.6 Å². The molecule has 20 heavy (non-hydrogen) atoms. The van der Waals surface area contributed by atoms with Crippen molar-refractivity contribution in [1.29, 1.82) is 0 Å². The monoisotopic (exact) mass is 338 g/mol. The number of nitrogens with one attached hydrogen (secondary N) is 1. The maximum atomic E-state index is 5.86. The lowest BCUT2D eigenvalue weighted by molar-refractivity contribution is 0.196. The molecule has 1 aromatic carbocycles. The first-order chi connectivity index (χ1) is 9.63. The van der Waals surface area contributed by atoms with Gasteiger partial charge in [-0.2, -0.15) is 0 Å². The van der Waals surface area contributed by atoms with Crippen molar-refractivity contribution < 1.29 is 4.74 Å². The van der Waals surface area contributed by atoms with Crippen LogP contribution in [0, 0.1) is 0 Å². The maximum absolute atomic E-state index is 5.86. The highest BCUT2D eigenvalue weighted by atomic mass is 79.9. The molecule has 0 aromatic heterocycles. The van der Waals surface area contributed by atoms with Crippen molar-refractivity contribution in [2.24, 2.45) is 0 Å². The van der Waals surface area contributed by atoms with E-state index in [1.807, 2.05) is 0 Å². The first kappa shape index (κ1) is 14.4. The molecule has 2 aliphatic rings. The van der Waals surface area contributed by atoms with Gasteiger partial charge < -0.3 is 10.1 Å². The average Bonchev–Trinajstić information content (AvgIpc) is 2.79. The second-order valence-corrected chi connectivity index (χ2v) is 6.99. The van der Waals surface area contributed by atoms with E-state index in [1.54, 1.807) is 0 Å². The zero-order valence-electron chi connectivity index (χ0n) is 12.3. The van der Waals surface area contributed by atoms with Crippen LogP contribution in [0.4, 0.5) is 0 Å². The third kappa shape index (κ3) is 3.02. The van der Waals surface area contributed by atoms with Crippen molar-refractivity contribution in [3.8, 4) is 5.75 Å². The van der Waals surface area contributed by atoms with Gasteiger partial charge in [-0.25, -0.2) is 0 Å². The molecule has 4 heteroatoms. The Morgan fingerprint density at radius 3 is 3.10 bits per heavy atom. The summed E-state index contributed by atoms with van der Waals surface area (Å²) in [7, 11) is 0. The highest BCUT2D eigenvalue weighted by molar-refractivity contribution is 9.10. The molecule has 2 unspecified atom stereocenters. The van der Waals surface area contributed by atoms with Crippen LogP contribution in [0.1, 0.15) is 31.4 Å². The molecule has 3 rings (SSSR count). The minimum absolute atomic E-state index is 0.557. The molecule has 2 aliphatic heterocycles. The normalized spacial score (nSPS) is 26.9. The van der Waals surface area contributed by atoms with E-state index < -0.39 is 0 Å². The van der Waals surface area contributed by atoms with Crippen LogP contribution in [-0.2, 0) is 13.0 Å². The van der Waals surface area contributed by atoms with Crippen molar-refractivity contribution in [3.63, 3.8) is 0 Å². The molecule has 1 aromatic rings. The van der Waals surface area contributed by atoms with E-state index in [9.17, 15) is 0 Å². The van der Waals surface area contributed by atoms with E-state index in [0.29, 0.717) is 12.1 Å². The van der Waals surface area contributed by atoms with Crippen LogP contribution in [0.5, 0.6) is 5.75 Å². The van der Waals surface area contributed by atoms with Gasteiger partial charge in [-0.3, -0.25) is 4.90 Å². The van der Waals surface area contributed by atoms with Gasteiger partial charge in [0.1, 0.15) is 5.75 Å². The second-order valence-electron chi connectivity index (χ2n) is 6.07. The molecule has 1 N–H and O–H groups in total. The number of rotatable bonds is 2. The van der Waals surface area contributed by atoms with Crippen LogP contribution < -0.4 is 10.1 Å². The minimum atomic E-state index is 0.557. The van der Waals surface area contributed by atoms with E-state index in [-0.39, 0.29) is 0 Å². The molecule has 3 nitrogen and oxygen atoms in total. The second kappa shape index (κ2) is 6.04. The molecule has 1 fully saturated rings. The molecule has 0 radical (unpaired) electrons. The lowest BCUT2D eigenvalue weighted by Gasteiger charge is -2.28. The third-order valence-corrected chi connectivity index (χ3v) is 4.84. The Labute approximate surface area is 129 Å². The van der Waals surface area contributed by atoms with Gasteiger partial charge in [0, 0.05) is 41.6 Å². The molecule has 2 heterocycles. The number of hydrogen-bond donors (Lipinski definition) is 1. The Kier molecular flexibility index (Phi) is 4.34. The Balaban J connectivity index is 1.83. The van der Waals surface area contributed by atoms with E-state index in [0.717, 1.165) is 38.4 Å². The number of halogens is 1. The summed E-state index contributed by atoms with van der Waals surface area (Å²) >= 11 is 3.64. The summed E-state index contributed by atoms with van der Waals surface area (Å²) < 4.78 is 7.03. The van der Waals surface area contributed by atoms with Crippen molar-refractivity contribution in [1.82, 2.24) is 10.2 Å². The smallest absolute Gasteiger partial charge is 0.127 e. The predicted molar refractivity (Wildman–Crippen MR) is 85.3 cm³/mol. The van der Waals surface area contributed by atoms with Gasteiger partial charge in [0.25, 0.3) is 0 Å². The van der Waals surface area contributed by atoms with Gasteiger partial charge in [-0.05, 0) is 44.5 Å².